The van der Waals surface area contributed by atoms with E-state index in [0.29, 0.717) is 16.7 Å². The number of halogens is 1. The summed E-state index contributed by atoms with van der Waals surface area (Å²) >= 11 is 6.07. The van der Waals surface area contributed by atoms with E-state index in [1.807, 2.05) is 6.07 Å². The minimum Gasteiger partial charge on any atom is -0.421 e. The van der Waals surface area contributed by atoms with Gasteiger partial charge in [-0.25, -0.2) is 13.2 Å². The molecule has 1 heterocycles. The molecule has 3 aromatic rings. The molecule has 6 nitrogen and oxygen atoms in total. The van der Waals surface area contributed by atoms with Crippen LogP contribution < -0.4 is 15.7 Å². The lowest BCUT2D eigenvalue weighted by Crippen LogP contribution is -2.26. The SMILES string of the molecule is O=c1oc2ccccc2c(NC2CCCCC2)c1NS(=O)(=O)c1ccccc1Cl. The summed E-state index contributed by atoms with van der Waals surface area (Å²) in [4.78, 5) is 12.6. The molecule has 0 unspecified atom stereocenters. The molecule has 2 N–H and O–H groups in total. The molecule has 1 aliphatic rings. The molecule has 0 aliphatic heterocycles. The third-order valence-corrected chi connectivity index (χ3v) is 6.98. The molecule has 2 aromatic carbocycles. The Bertz CT molecular complexity index is 1200. The largest absolute Gasteiger partial charge is 0.421 e. The Morgan fingerprint density at radius 1 is 0.931 bits per heavy atom. The zero-order chi connectivity index (χ0) is 20.4. The smallest absolute Gasteiger partial charge is 0.363 e. The van der Waals surface area contributed by atoms with E-state index < -0.39 is 15.6 Å². The fourth-order valence-corrected chi connectivity index (χ4v) is 5.28. The first-order valence-electron chi connectivity index (χ1n) is 9.55. The molecule has 4 rings (SSSR count). The van der Waals surface area contributed by atoms with Crippen LogP contribution in [-0.4, -0.2) is 14.5 Å². The number of nitrogens with one attached hydrogen (secondary N) is 2. The van der Waals surface area contributed by atoms with Crippen LogP contribution in [-0.2, 0) is 10.0 Å². The number of anilines is 2. The maximum atomic E-state index is 13.0. The van der Waals surface area contributed by atoms with Gasteiger partial charge in [-0.05, 0) is 37.1 Å². The molecule has 0 bridgehead atoms. The van der Waals surface area contributed by atoms with Gasteiger partial charge in [0.15, 0.2) is 5.69 Å². The number of fused-ring (bicyclic) bond motifs is 1. The quantitative estimate of drug-likeness (QED) is 0.554. The maximum Gasteiger partial charge on any atom is 0.363 e. The summed E-state index contributed by atoms with van der Waals surface area (Å²) < 4.78 is 33.7. The molecule has 29 heavy (non-hydrogen) atoms. The van der Waals surface area contributed by atoms with Gasteiger partial charge in [0.2, 0.25) is 0 Å². The summed E-state index contributed by atoms with van der Waals surface area (Å²) in [6.45, 7) is 0. The summed E-state index contributed by atoms with van der Waals surface area (Å²) in [5.74, 6) is 0. The molecule has 8 heteroatoms. The molecule has 1 saturated carbocycles. The van der Waals surface area contributed by atoms with Crippen molar-refractivity contribution in [2.45, 2.75) is 43.0 Å². The standard InChI is InChI=1S/C21H21ClN2O4S/c22-16-11-5-7-13-18(16)29(26,27)24-20-19(23-14-8-2-1-3-9-14)15-10-4-6-12-17(15)28-21(20)25/h4-7,10-14,23-24H,1-3,8-9H2. The van der Waals surface area contributed by atoms with Crippen LogP contribution in [0.25, 0.3) is 11.0 Å². The highest BCUT2D eigenvalue weighted by molar-refractivity contribution is 7.92. The van der Waals surface area contributed by atoms with Gasteiger partial charge >= 0.3 is 5.63 Å². The highest BCUT2D eigenvalue weighted by Gasteiger charge is 2.25. The first-order valence-corrected chi connectivity index (χ1v) is 11.4. The normalized spacial score (nSPS) is 15.3. The van der Waals surface area contributed by atoms with Crippen LogP contribution in [0.2, 0.25) is 5.02 Å². The Morgan fingerprint density at radius 3 is 2.38 bits per heavy atom. The van der Waals surface area contributed by atoms with Crippen molar-refractivity contribution in [2.24, 2.45) is 0 Å². The van der Waals surface area contributed by atoms with Crippen molar-refractivity contribution in [1.82, 2.24) is 0 Å². The number of sulfonamides is 1. The molecule has 152 valence electrons. The first-order chi connectivity index (χ1) is 14.0. The molecule has 1 fully saturated rings. The Hall–Kier alpha value is -2.51. The van der Waals surface area contributed by atoms with Crippen molar-refractivity contribution in [1.29, 1.82) is 0 Å². The molecule has 0 spiro atoms. The summed E-state index contributed by atoms with van der Waals surface area (Å²) in [5.41, 5.74) is -0.0392. The van der Waals surface area contributed by atoms with Crippen LogP contribution in [0.1, 0.15) is 32.1 Å². The first kappa shape index (κ1) is 19.8. The van der Waals surface area contributed by atoms with Crippen molar-refractivity contribution >= 4 is 44.0 Å². The molecule has 1 aliphatic carbocycles. The van der Waals surface area contributed by atoms with Crippen LogP contribution in [0.4, 0.5) is 11.4 Å². The maximum absolute atomic E-state index is 13.0. The van der Waals surface area contributed by atoms with Crippen LogP contribution in [0.15, 0.2) is 62.6 Å². The summed E-state index contributed by atoms with van der Waals surface area (Å²) in [6.07, 6.45) is 5.30. The monoisotopic (exact) mass is 432 g/mol. The van der Waals surface area contributed by atoms with Gasteiger partial charge in [-0.2, -0.15) is 0 Å². The van der Waals surface area contributed by atoms with Crippen molar-refractivity contribution in [3.63, 3.8) is 0 Å². The number of para-hydroxylation sites is 1. The predicted molar refractivity (Wildman–Crippen MR) is 115 cm³/mol. The zero-order valence-corrected chi connectivity index (χ0v) is 17.2. The zero-order valence-electron chi connectivity index (χ0n) is 15.7. The lowest BCUT2D eigenvalue weighted by molar-refractivity contribution is 0.462. The average molecular weight is 433 g/mol. The Labute approximate surface area is 173 Å². The average Bonchev–Trinajstić information content (AvgIpc) is 2.71. The third kappa shape index (κ3) is 4.11. The van der Waals surface area contributed by atoms with Gasteiger partial charge in [-0.3, -0.25) is 4.72 Å². The Balaban J connectivity index is 1.82. The second-order valence-corrected chi connectivity index (χ2v) is 9.21. The van der Waals surface area contributed by atoms with E-state index in [1.54, 1.807) is 30.3 Å². The minimum atomic E-state index is -4.08. The highest BCUT2D eigenvalue weighted by atomic mass is 35.5. The van der Waals surface area contributed by atoms with Crippen molar-refractivity contribution in [2.75, 3.05) is 10.0 Å². The van der Waals surface area contributed by atoms with Gasteiger partial charge in [0, 0.05) is 11.4 Å². The van der Waals surface area contributed by atoms with Crippen LogP contribution in [0, 0.1) is 0 Å². The van der Waals surface area contributed by atoms with E-state index in [9.17, 15) is 13.2 Å². The summed E-state index contributed by atoms with van der Waals surface area (Å²) in [5, 5.41) is 4.13. The molecular formula is C21H21ClN2O4S. The van der Waals surface area contributed by atoms with Crippen LogP contribution in [0.5, 0.6) is 0 Å². The molecule has 1 aromatic heterocycles. The molecule has 0 amide bonds. The van der Waals surface area contributed by atoms with Gasteiger partial charge in [0.1, 0.15) is 10.5 Å². The number of benzene rings is 2. The molecule has 0 saturated heterocycles. The van der Waals surface area contributed by atoms with Gasteiger partial charge in [-0.1, -0.05) is 55.1 Å². The molecular weight excluding hydrogens is 412 g/mol. The topological polar surface area (TPSA) is 88.4 Å². The lowest BCUT2D eigenvalue weighted by Gasteiger charge is -2.25. The predicted octanol–water partition coefficient (Wildman–Crippen LogP) is 4.99. The van der Waals surface area contributed by atoms with Gasteiger partial charge in [0.05, 0.1) is 10.7 Å². The van der Waals surface area contributed by atoms with E-state index in [-0.39, 0.29) is 21.6 Å². The van der Waals surface area contributed by atoms with E-state index in [2.05, 4.69) is 10.0 Å². The summed E-state index contributed by atoms with van der Waals surface area (Å²) in [7, 11) is -4.08. The van der Waals surface area contributed by atoms with Crippen LogP contribution >= 0.6 is 11.6 Å². The number of hydrogen-bond donors (Lipinski definition) is 2. The lowest BCUT2D eigenvalue weighted by atomic mass is 9.95. The second-order valence-electron chi connectivity index (χ2n) is 7.15. The Morgan fingerprint density at radius 2 is 1.62 bits per heavy atom. The van der Waals surface area contributed by atoms with E-state index >= 15 is 0 Å². The second kappa shape index (κ2) is 8.08. The summed E-state index contributed by atoms with van der Waals surface area (Å²) in [6, 6.07) is 13.3. The number of rotatable bonds is 5. The van der Waals surface area contributed by atoms with E-state index in [1.165, 1.54) is 18.6 Å². The Kier molecular flexibility index (Phi) is 5.52. The van der Waals surface area contributed by atoms with Crippen LogP contribution in [0.3, 0.4) is 0 Å². The van der Waals surface area contributed by atoms with Crippen molar-refractivity contribution in [3.05, 3.63) is 64.0 Å². The molecule has 0 radical (unpaired) electrons. The molecule has 0 atom stereocenters. The fraction of sp³-hybridized carbons (Fsp3) is 0.286. The third-order valence-electron chi connectivity index (χ3n) is 5.13. The van der Waals surface area contributed by atoms with Crippen molar-refractivity contribution < 1.29 is 12.8 Å². The van der Waals surface area contributed by atoms with E-state index in [4.69, 9.17) is 16.0 Å². The fourth-order valence-electron chi connectivity index (χ4n) is 3.70. The van der Waals surface area contributed by atoms with E-state index in [0.717, 1.165) is 25.7 Å². The highest BCUT2D eigenvalue weighted by Crippen LogP contribution is 2.33. The minimum absolute atomic E-state index is 0.0759. The number of hydrogen-bond acceptors (Lipinski definition) is 5. The van der Waals surface area contributed by atoms with Gasteiger partial charge in [0.25, 0.3) is 10.0 Å². The van der Waals surface area contributed by atoms with Gasteiger partial charge < -0.3 is 9.73 Å². The van der Waals surface area contributed by atoms with Gasteiger partial charge in [-0.15, -0.1) is 0 Å². The van der Waals surface area contributed by atoms with Crippen molar-refractivity contribution in [3.8, 4) is 0 Å².